The summed E-state index contributed by atoms with van der Waals surface area (Å²) in [6, 6.07) is 5.57. The molecular formula is C23H24N8O4S. The third-order valence-corrected chi connectivity index (χ3v) is 7.04. The minimum atomic E-state index is -0.503. The van der Waals surface area contributed by atoms with Crippen molar-refractivity contribution in [3.05, 3.63) is 64.1 Å². The molecule has 1 amide bonds. The van der Waals surface area contributed by atoms with Crippen LogP contribution < -0.4 is 20.9 Å². The second kappa shape index (κ2) is 9.41. The average Bonchev–Trinajstić information content (AvgIpc) is 3.63. The van der Waals surface area contributed by atoms with Crippen LogP contribution in [0.15, 0.2) is 52.8 Å². The first-order chi connectivity index (χ1) is 17.4. The normalized spacial score (nSPS) is 11.4. The van der Waals surface area contributed by atoms with Gasteiger partial charge < -0.3 is 13.9 Å². The smallest absolute Gasteiger partial charge is 0.332 e. The maximum absolute atomic E-state index is 13.6. The fraction of sp³-hybridized carbons (Fsp3) is 0.304. The van der Waals surface area contributed by atoms with Gasteiger partial charge >= 0.3 is 5.69 Å². The zero-order valence-corrected chi connectivity index (χ0v) is 20.8. The summed E-state index contributed by atoms with van der Waals surface area (Å²) < 4.78 is 11.9. The number of benzene rings is 1. The fourth-order valence-corrected chi connectivity index (χ4v) is 5.08. The Morgan fingerprint density at radius 2 is 2.00 bits per heavy atom. The van der Waals surface area contributed by atoms with E-state index < -0.39 is 11.2 Å². The predicted octanol–water partition coefficient (Wildman–Crippen LogP) is 1.37. The summed E-state index contributed by atoms with van der Waals surface area (Å²) in [6.07, 6.45) is 7.39. The van der Waals surface area contributed by atoms with Crippen molar-refractivity contribution in [3.63, 3.8) is 0 Å². The molecule has 0 aliphatic rings. The van der Waals surface area contributed by atoms with Crippen molar-refractivity contribution in [1.29, 1.82) is 0 Å². The van der Waals surface area contributed by atoms with Gasteiger partial charge in [0.25, 0.3) is 5.56 Å². The highest BCUT2D eigenvalue weighted by Gasteiger charge is 2.23. The lowest BCUT2D eigenvalue weighted by atomic mass is 10.3. The largest absolute Gasteiger partial charge is 0.497 e. The molecule has 0 aliphatic carbocycles. The Bertz CT molecular complexity index is 1680. The summed E-state index contributed by atoms with van der Waals surface area (Å²) in [5.41, 5.74) is 0.211. The van der Waals surface area contributed by atoms with Crippen molar-refractivity contribution in [2.75, 3.05) is 18.6 Å². The maximum atomic E-state index is 13.6. The number of carbonyl (C=O) groups excluding carboxylic acids is 1. The number of carbonyl (C=O) groups is 1. The zero-order valence-electron chi connectivity index (χ0n) is 20.0. The topological polar surface area (TPSA) is 122 Å². The molecule has 0 spiro atoms. The Balaban J connectivity index is 1.48. The van der Waals surface area contributed by atoms with E-state index in [0.717, 1.165) is 14.8 Å². The summed E-state index contributed by atoms with van der Waals surface area (Å²) >= 11 is 1.40. The van der Waals surface area contributed by atoms with Crippen molar-refractivity contribution in [1.82, 2.24) is 33.2 Å². The Hall–Kier alpha value is -4.26. The van der Waals surface area contributed by atoms with E-state index in [0.29, 0.717) is 30.4 Å². The lowest BCUT2D eigenvalue weighted by molar-refractivity contribution is -0.119. The van der Waals surface area contributed by atoms with Crippen molar-refractivity contribution in [2.45, 2.75) is 19.5 Å². The second-order valence-electron chi connectivity index (χ2n) is 8.28. The number of imidazole rings is 2. The molecule has 0 fully saturated rings. The number of methoxy groups -OCH3 is 1. The summed E-state index contributed by atoms with van der Waals surface area (Å²) in [7, 11) is 4.55. The van der Waals surface area contributed by atoms with E-state index in [2.05, 4.69) is 15.0 Å². The molecule has 0 saturated heterocycles. The van der Waals surface area contributed by atoms with Gasteiger partial charge in [0.15, 0.2) is 16.3 Å². The average molecular weight is 509 g/mol. The molecule has 0 aliphatic heterocycles. The van der Waals surface area contributed by atoms with E-state index in [1.165, 1.54) is 33.8 Å². The standard InChI is InChI=1S/C23H24N8O4S/c1-27-20-19(21(33)28(2)23(27)34)30(14-25-20)12-18(32)31(9-4-8-29-10-7-24-13-29)22-26-16-6-5-15(35-3)11-17(16)36-22/h5-7,10-11,13-14H,4,8-9,12H2,1-3H3. The Morgan fingerprint density at radius 3 is 2.75 bits per heavy atom. The van der Waals surface area contributed by atoms with Gasteiger partial charge in [0.1, 0.15) is 12.3 Å². The van der Waals surface area contributed by atoms with Crippen LogP contribution in [0.2, 0.25) is 0 Å². The molecule has 36 heavy (non-hydrogen) atoms. The zero-order chi connectivity index (χ0) is 25.4. The summed E-state index contributed by atoms with van der Waals surface area (Å²) in [5, 5.41) is 0.554. The van der Waals surface area contributed by atoms with Crippen molar-refractivity contribution in [3.8, 4) is 5.75 Å². The number of nitrogens with zero attached hydrogens (tertiary/aromatic N) is 8. The molecule has 5 rings (SSSR count). The van der Waals surface area contributed by atoms with Gasteiger partial charge in [-0.25, -0.2) is 19.7 Å². The monoisotopic (exact) mass is 508 g/mol. The third kappa shape index (κ3) is 4.17. The van der Waals surface area contributed by atoms with Gasteiger partial charge in [-0.2, -0.15) is 0 Å². The van der Waals surface area contributed by atoms with Crippen molar-refractivity contribution >= 4 is 43.8 Å². The van der Waals surface area contributed by atoms with Crippen LogP contribution in [0.5, 0.6) is 5.75 Å². The van der Waals surface area contributed by atoms with Crippen LogP contribution in [0, 0.1) is 0 Å². The van der Waals surface area contributed by atoms with E-state index >= 15 is 0 Å². The first kappa shape index (κ1) is 23.5. The highest BCUT2D eigenvalue weighted by atomic mass is 32.1. The number of amides is 1. The molecule has 1 aromatic carbocycles. The van der Waals surface area contributed by atoms with E-state index in [9.17, 15) is 14.4 Å². The van der Waals surface area contributed by atoms with Crippen molar-refractivity contribution in [2.24, 2.45) is 14.1 Å². The SMILES string of the molecule is COc1ccc2nc(N(CCCn3ccnc3)C(=O)Cn3cnc4c3c(=O)n(C)c(=O)n4C)sc2c1. The Labute approximate surface area is 208 Å². The highest BCUT2D eigenvalue weighted by Crippen LogP contribution is 2.32. The van der Waals surface area contributed by atoms with E-state index in [1.54, 1.807) is 31.6 Å². The fourth-order valence-electron chi connectivity index (χ4n) is 4.04. The number of aromatic nitrogens is 7. The molecule has 0 saturated carbocycles. The van der Waals surface area contributed by atoms with Crippen LogP contribution in [0.3, 0.4) is 0 Å². The van der Waals surface area contributed by atoms with Gasteiger partial charge in [0.2, 0.25) is 5.91 Å². The predicted molar refractivity (Wildman–Crippen MR) is 136 cm³/mol. The third-order valence-electron chi connectivity index (χ3n) is 6.00. The number of thiazole rings is 1. The number of anilines is 1. The van der Waals surface area contributed by atoms with Crippen LogP contribution in [0.4, 0.5) is 5.13 Å². The van der Waals surface area contributed by atoms with Gasteiger partial charge in [-0.1, -0.05) is 11.3 Å². The Kier molecular flexibility index (Phi) is 6.14. The van der Waals surface area contributed by atoms with Gasteiger partial charge in [-0.3, -0.25) is 23.6 Å². The molecule has 0 unspecified atom stereocenters. The maximum Gasteiger partial charge on any atom is 0.332 e. The number of ether oxygens (including phenoxy) is 1. The summed E-state index contributed by atoms with van der Waals surface area (Å²) in [4.78, 5) is 53.3. The van der Waals surface area contributed by atoms with E-state index in [-0.39, 0.29) is 23.6 Å². The molecule has 4 aromatic heterocycles. The first-order valence-electron chi connectivity index (χ1n) is 11.2. The second-order valence-corrected chi connectivity index (χ2v) is 9.29. The number of hydrogen-bond acceptors (Lipinski definition) is 8. The van der Waals surface area contributed by atoms with Crippen LogP contribution in [-0.2, 0) is 32.0 Å². The molecule has 186 valence electrons. The van der Waals surface area contributed by atoms with Crippen molar-refractivity contribution < 1.29 is 9.53 Å². The molecule has 0 atom stereocenters. The van der Waals surface area contributed by atoms with Crippen LogP contribution in [0.25, 0.3) is 21.4 Å². The van der Waals surface area contributed by atoms with Crippen LogP contribution in [-0.4, -0.2) is 52.8 Å². The molecule has 0 N–H and O–H groups in total. The number of fused-ring (bicyclic) bond motifs is 2. The first-order valence-corrected chi connectivity index (χ1v) is 12.0. The van der Waals surface area contributed by atoms with E-state index in [1.807, 2.05) is 29.0 Å². The van der Waals surface area contributed by atoms with Crippen LogP contribution >= 0.6 is 11.3 Å². The van der Waals surface area contributed by atoms with Gasteiger partial charge in [-0.15, -0.1) is 0 Å². The number of aryl methyl sites for hydroxylation is 2. The van der Waals surface area contributed by atoms with Crippen LogP contribution in [0.1, 0.15) is 6.42 Å². The van der Waals surface area contributed by atoms with Gasteiger partial charge in [0, 0.05) is 39.6 Å². The Morgan fingerprint density at radius 1 is 1.17 bits per heavy atom. The lowest BCUT2D eigenvalue weighted by Gasteiger charge is -2.20. The minimum absolute atomic E-state index is 0.131. The minimum Gasteiger partial charge on any atom is -0.497 e. The molecule has 4 heterocycles. The van der Waals surface area contributed by atoms with E-state index in [4.69, 9.17) is 4.74 Å². The molecular weight excluding hydrogens is 484 g/mol. The molecule has 13 heteroatoms. The summed E-state index contributed by atoms with van der Waals surface area (Å²) in [6.45, 7) is 0.963. The van der Waals surface area contributed by atoms with Gasteiger partial charge in [-0.05, 0) is 24.6 Å². The molecule has 0 bridgehead atoms. The summed E-state index contributed by atoms with van der Waals surface area (Å²) in [5.74, 6) is 0.462. The molecule has 5 aromatic rings. The molecule has 12 nitrogen and oxygen atoms in total. The quantitative estimate of drug-likeness (QED) is 0.310. The van der Waals surface area contributed by atoms with Gasteiger partial charge in [0.05, 0.1) is 30.0 Å². The number of rotatable bonds is 8. The lowest BCUT2D eigenvalue weighted by Crippen LogP contribution is -2.39. The highest BCUT2D eigenvalue weighted by molar-refractivity contribution is 7.22. The number of hydrogen-bond donors (Lipinski definition) is 0. The molecule has 0 radical (unpaired) electrons.